The summed E-state index contributed by atoms with van der Waals surface area (Å²) >= 11 is 0. The summed E-state index contributed by atoms with van der Waals surface area (Å²) in [5.74, 6) is 0.819. The number of aryl methyl sites for hydroxylation is 1. The lowest BCUT2D eigenvalue weighted by molar-refractivity contribution is -0.134. The third-order valence-electron chi connectivity index (χ3n) is 5.23. The molecule has 25 heavy (non-hydrogen) atoms. The smallest absolute Gasteiger partial charge is 0.239 e. The summed E-state index contributed by atoms with van der Waals surface area (Å²) in [4.78, 5) is 14.6. The summed E-state index contributed by atoms with van der Waals surface area (Å²) in [5, 5.41) is 0. The van der Waals surface area contributed by atoms with Crippen LogP contribution in [0.15, 0.2) is 60.7 Å². The molecule has 1 atom stereocenters. The van der Waals surface area contributed by atoms with Crippen molar-refractivity contribution in [1.29, 1.82) is 0 Å². The van der Waals surface area contributed by atoms with Crippen LogP contribution in [0.1, 0.15) is 30.4 Å². The summed E-state index contributed by atoms with van der Waals surface area (Å²) in [7, 11) is 0. The van der Waals surface area contributed by atoms with Gasteiger partial charge in [0.1, 0.15) is 0 Å². The number of benzene rings is 2. The molecule has 2 aromatic carbocycles. The zero-order valence-electron chi connectivity index (χ0n) is 14.8. The van der Waals surface area contributed by atoms with Gasteiger partial charge < -0.3 is 10.6 Å². The Kier molecular flexibility index (Phi) is 6.24. The first kappa shape index (κ1) is 17.7. The normalized spacial score (nSPS) is 16.6. The molecule has 1 aliphatic heterocycles. The van der Waals surface area contributed by atoms with E-state index in [4.69, 9.17) is 5.73 Å². The van der Waals surface area contributed by atoms with Crippen molar-refractivity contribution in [2.45, 2.75) is 38.1 Å². The average Bonchev–Trinajstić information content (AvgIpc) is 2.68. The van der Waals surface area contributed by atoms with E-state index in [1.807, 2.05) is 35.2 Å². The Morgan fingerprint density at radius 3 is 2.12 bits per heavy atom. The first-order valence-electron chi connectivity index (χ1n) is 9.34. The van der Waals surface area contributed by atoms with Crippen molar-refractivity contribution < 1.29 is 4.79 Å². The Balaban J connectivity index is 1.42. The lowest BCUT2D eigenvalue weighted by atomic mass is 9.90. The summed E-state index contributed by atoms with van der Waals surface area (Å²) in [6.07, 6.45) is 5.15. The molecule has 0 aliphatic carbocycles. The van der Waals surface area contributed by atoms with E-state index in [1.54, 1.807) is 0 Å². The van der Waals surface area contributed by atoms with Gasteiger partial charge in [0, 0.05) is 13.1 Å². The molecule has 0 spiro atoms. The fourth-order valence-electron chi connectivity index (χ4n) is 3.65. The molecular formula is C22H28N2O. The second-order valence-corrected chi connectivity index (χ2v) is 7.09. The molecule has 2 aromatic rings. The van der Waals surface area contributed by atoms with Gasteiger partial charge in [-0.05, 0) is 49.1 Å². The zero-order chi connectivity index (χ0) is 17.5. The van der Waals surface area contributed by atoms with Gasteiger partial charge in [0.05, 0.1) is 6.04 Å². The molecule has 0 saturated carbocycles. The Morgan fingerprint density at radius 2 is 1.52 bits per heavy atom. The molecule has 3 rings (SSSR count). The topological polar surface area (TPSA) is 46.3 Å². The van der Waals surface area contributed by atoms with Crippen LogP contribution in [0, 0.1) is 5.92 Å². The minimum Gasteiger partial charge on any atom is -0.341 e. The van der Waals surface area contributed by atoms with Gasteiger partial charge in [0.2, 0.25) is 5.91 Å². The quantitative estimate of drug-likeness (QED) is 0.878. The molecule has 3 nitrogen and oxygen atoms in total. The van der Waals surface area contributed by atoms with Gasteiger partial charge in [0.15, 0.2) is 0 Å². The first-order valence-corrected chi connectivity index (χ1v) is 9.34. The van der Waals surface area contributed by atoms with Crippen LogP contribution in [0.25, 0.3) is 0 Å². The van der Waals surface area contributed by atoms with Crippen molar-refractivity contribution in [3.05, 3.63) is 71.8 Å². The molecule has 0 aromatic heterocycles. The Labute approximate surface area is 150 Å². The summed E-state index contributed by atoms with van der Waals surface area (Å²) < 4.78 is 0. The van der Waals surface area contributed by atoms with Crippen LogP contribution in [-0.4, -0.2) is 29.9 Å². The minimum atomic E-state index is -0.428. The molecule has 0 radical (unpaired) electrons. The number of nitrogens with two attached hydrogens (primary N) is 1. The predicted molar refractivity (Wildman–Crippen MR) is 102 cm³/mol. The van der Waals surface area contributed by atoms with E-state index in [2.05, 4.69) is 30.3 Å². The van der Waals surface area contributed by atoms with Crippen LogP contribution in [0.5, 0.6) is 0 Å². The summed E-state index contributed by atoms with van der Waals surface area (Å²) in [5.41, 5.74) is 8.69. The van der Waals surface area contributed by atoms with E-state index in [-0.39, 0.29) is 5.91 Å². The van der Waals surface area contributed by atoms with Crippen molar-refractivity contribution in [2.75, 3.05) is 13.1 Å². The molecule has 132 valence electrons. The zero-order valence-corrected chi connectivity index (χ0v) is 14.8. The molecule has 1 saturated heterocycles. The van der Waals surface area contributed by atoms with Crippen molar-refractivity contribution in [2.24, 2.45) is 11.7 Å². The Morgan fingerprint density at radius 1 is 0.960 bits per heavy atom. The highest BCUT2D eigenvalue weighted by molar-refractivity contribution is 5.82. The van der Waals surface area contributed by atoms with Gasteiger partial charge >= 0.3 is 0 Å². The van der Waals surface area contributed by atoms with Crippen molar-refractivity contribution in [3.63, 3.8) is 0 Å². The second-order valence-electron chi connectivity index (χ2n) is 7.09. The van der Waals surface area contributed by atoms with Gasteiger partial charge in [-0.1, -0.05) is 60.7 Å². The van der Waals surface area contributed by atoms with Crippen LogP contribution in [-0.2, 0) is 17.6 Å². The molecule has 1 unspecified atom stereocenters. The maximum atomic E-state index is 12.6. The highest BCUT2D eigenvalue weighted by Gasteiger charge is 2.26. The number of hydrogen-bond acceptors (Lipinski definition) is 2. The minimum absolute atomic E-state index is 0.102. The molecular weight excluding hydrogens is 308 g/mol. The lowest BCUT2D eigenvalue weighted by Gasteiger charge is -2.33. The molecule has 1 heterocycles. The van der Waals surface area contributed by atoms with Gasteiger partial charge in [-0.15, -0.1) is 0 Å². The van der Waals surface area contributed by atoms with Crippen LogP contribution >= 0.6 is 0 Å². The number of rotatable bonds is 6. The van der Waals surface area contributed by atoms with Crippen molar-refractivity contribution in [1.82, 2.24) is 4.90 Å². The molecule has 3 heteroatoms. The van der Waals surface area contributed by atoms with Crippen LogP contribution in [0.3, 0.4) is 0 Å². The van der Waals surface area contributed by atoms with E-state index < -0.39 is 6.04 Å². The highest BCUT2D eigenvalue weighted by Crippen LogP contribution is 2.23. The van der Waals surface area contributed by atoms with E-state index in [1.165, 1.54) is 12.0 Å². The van der Waals surface area contributed by atoms with E-state index in [0.717, 1.165) is 43.8 Å². The second kappa shape index (κ2) is 8.82. The number of amides is 1. The number of nitrogens with zero attached hydrogens (tertiary/aromatic N) is 1. The highest BCUT2D eigenvalue weighted by atomic mass is 16.2. The third-order valence-corrected chi connectivity index (χ3v) is 5.23. The van der Waals surface area contributed by atoms with Crippen LogP contribution in [0.4, 0.5) is 0 Å². The summed E-state index contributed by atoms with van der Waals surface area (Å²) in [6.45, 7) is 1.70. The molecule has 1 aliphatic rings. The monoisotopic (exact) mass is 336 g/mol. The van der Waals surface area contributed by atoms with Gasteiger partial charge in [0.25, 0.3) is 0 Å². The number of likely N-dealkylation sites (tertiary alicyclic amines) is 1. The van der Waals surface area contributed by atoms with Crippen LogP contribution in [0.2, 0.25) is 0 Å². The lowest BCUT2D eigenvalue weighted by Crippen LogP contribution is -2.48. The number of piperidine rings is 1. The standard InChI is InChI=1S/C22H28N2O/c23-21(17-20-9-5-2-6-10-20)22(25)24-15-13-19(14-16-24)12-11-18-7-3-1-4-8-18/h1-10,19,21H,11-17,23H2. The largest absolute Gasteiger partial charge is 0.341 e. The van der Waals surface area contributed by atoms with Crippen molar-refractivity contribution >= 4 is 5.91 Å². The molecule has 1 amide bonds. The number of carbonyl (C=O) groups is 1. The van der Waals surface area contributed by atoms with E-state index >= 15 is 0 Å². The number of carbonyl (C=O) groups excluding carboxylic acids is 1. The first-order chi connectivity index (χ1) is 12.2. The van der Waals surface area contributed by atoms with Crippen molar-refractivity contribution in [3.8, 4) is 0 Å². The fraction of sp³-hybridized carbons (Fsp3) is 0.409. The van der Waals surface area contributed by atoms with E-state index in [9.17, 15) is 4.79 Å². The summed E-state index contributed by atoms with van der Waals surface area (Å²) in [6, 6.07) is 20.3. The van der Waals surface area contributed by atoms with Crippen LogP contribution < -0.4 is 5.73 Å². The van der Waals surface area contributed by atoms with Gasteiger partial charge in [-0.3, -0.25) is 4.79 Å². The van der Waals surface area contributed by atoms with E-state index in [0.29, 0.717) is 6.42 Å². The third kappa shape index (κ3) is 5.17. The maximum Gasteiger partial charge on any atom is 0.239 e. The predicted octanol–water partition coefficient (Wildman–Crippen LogP) is 3.43. The molecule has 0 bridgehead atoms. The van der Waals surface area contributed by atoms with Gasteiger partial charge in [-0.2, -0.15) is 0 Å². The maximum absolute atomic E-state index is 12.6. The Bertz CT molecular complexity index is 648. The van der Waals surface area contributed by atoms with Gasteiger partial charge in [-0.25, -0.2) is 0 Å². The SMILES string of the molecule is NC(Cc1ccccc1)C(=O)N1CCC(CCc2ccccc2)CC1. The Hall–Kier alpha value is -2.13. The number of hydrogen-bond donors (Lipinski definition) is 1. The average molecular weight is 336 g/mol. The molecule has 1 fully saturated rings. The fourth-order valence-corrected chi connectivity index (χ4v) is 3.65. The molecule has 2 N–H and O–H groups in total.